The van der Waals surface area contributed by atoms with Gasteiger partial charge in [-0.25, -0.2) is 0 Å². The Labute approximate surface area is 107 Å². The molecule has 0 aromatic heterocycles. The Bertz CT molecular complexity index is 313. The molecule has 0 saturated heterocycles. The van der Waals surface area contributed by atoms with Gasteiger partial charge in [-0.1, -0.05) is 36.9 Å². The van der Waals surface area contributed by atoms with Gasteiger partial charge in [-0.05, 0) is 5.56 Å². The summed E-state index contributed by atoms with van der Waals surface area (Å²) < 4.78 is 9.06. The Morgan fingerprint density at radius 2 is 2.00 bits per heavy atom. The molecule has 0 radical (unpaired) electrons. The topological polar surface area (TPSA) is 52.6 Å². The predicted molar refractivity (Wildman–Crippen MR) is 52.2 cm³/mol. The maximum absolute atomic E-state index is 10.6. The van der Waals surface area contributed by atoms with E-state index in [9.17, 15) is 9.59 Å². The van der Waals surface area contributed by atoms with Crippen LogP contribution in [0.5, 0.6) is 0 Å². The van der Waals surface area contributed by atoms with E-state index in [4.69, 9.17) is 4.74 Å². The minimum atomic E-state index is -0.752. The van der Waals surface area contributed by atoms with Gasteiger partial charge in [-0.3, -0.25) is 0 Å². The third-order valence-electron chi connectivity index (χ3n) is 1.62. The summed E-state index contributed by atoms with van der Waals surface area (Å²) in [7, 11) is 0. The van der Waals surface area contributed by atoms with Gasteiger partial charge in [0.2, 0.25) is 0 Å². The smallest absolute Gasteiger partial charge is 0.606 e. The zero-order valence-electron chi connectivity index (χ0n) is 8.72. The standard InChI is InChI=1S/C11H10O4.Zn/c12-9-15-11(13)6-7-14-8-10-4-2-1-3-5-10;/h1-6H,7-8H2;/q-2;+2. The molecule has 1 aromatic rings. The van der Waals surface area contributed by atoms with Gasteiger partial charge in [0.05, 0.1) is 6.61 Å². The maximum atomic E-state index is 10.6. The van der Waals surface area contributed by atoms with Crippen LogP contribution in [-0.4, -0.2) is 19.0 Å². The Hall–Kier alpha value is -1.19. The molecule has 0 fully saturated rings. The van der Waals surface area contributed by atoms with Crippen LogP contribution in [0.3, 0.4) is 0 Å². The Kier molecular flexibility index (Phi) is 8.40. The minimum absolute atomic E-state index is 0. The van der Waals surface area contributed by atoms with Crippen LogP contribution in [0.25, 0.3) is 0 Å². The minimum Gasteiger partial charge on any atom is -0.606 e. The Balaban J connectivity index is 0.00000225. The van der Waals surface area contributed by atoms with Crippen molar-refractivity contribution in [1.82, 2.24) is 0 Å². The van der Waals surface area contributed by atoms with Crippen molar-refractivity contribution in [2.75, 3.05) is 6.61 Å². The first-order valence-electron chi connectivity index (χ1n) is 4.36. The van der Waals surface area contributed by atoms with E-state index in [1.165, 1.54) is 0 Å². The Morgan fingerprint density at radius 3 is 2.62 bits per heavy atom. The van der Waals surface area contributed by atoms with E-state index in [2.05, 4.69) is 4.74 Å². The number of rotatable bonds is 6. The quantitative estimate of drug-likeness (QED) is 0.255. The van der Waals surface area contributed by atoms with Crippen LogP contribution in [0, 0.1) is 6.42 Å². The summed E-state index contributed by atoms with van der Waals surface area (Å²) in [5.74, 6) is -0.752. The van der Waals surface area contributed by atoms with E-state index in [0.29, 0.717) is 6.61 Å². The molecule has 0 aliphatic rings. The molecule has 16 heavy (non-hydrogen) atoms. The first-order chi connectivity index (χ1) is 7.33. The number of carbonyl (C=O) groups is 1. The largest absolute Gasteiger partial charge is 2.00 e. The molecule has 0 amide bonds. The van der Waals surface area contributed by atoms with Crippen LogP contribution in [-0.2, 0) is 45.1 Å². The second-order valence-electron chi connectivity index (χ2n) is 2.71. The molecule has 1 aromatic carbocycles. The summed E-state index contributed by atoms with van der Waals surface area (Å²) in [6.45, 7) is 1.56. The molecular formula is C11H10O4Zn. The summed E-state index contributed by atoms with van der Waals surface area (Å²) in [5, 5.41) is 0. The number of hydrogen-bond donors (Lipinski definition) is 0. The van der Waals surface area contributed by atoms with Crippen LogP contribution < -0.4 is 0 Å². The SMILES string of the molecule is O=[C-]OC(=O)[CH-]COCc1ccccc1.[Zn+2]. The molecule has 0 aliphatic carbocycles. The summed E-state index contributed by atoms with van der Waals surface area (Å²) in [6, 6.07) is 9.54. The first-order valence-corrected chi connectivity index (χ1v) is 4.36. The third-order valence-corrected chi connectivity index (χ3v) is 1.62. The normalized spacial score (nSPS) is 8.75. The van der Waals surface area contributed by atoms with E-state index in [1.807, 2.05) is 30.3 Å². The second kappa shape index (κ2) is 9.07. The molecule has 0 atom stereocenters. The van der Waals surface area contributed by atoms with Gasteiger partial charge in [0.25, 0.3) is 0 Å². The predicted octanol–water partition coefficient (Wildman–Crippen LogP) is 1.02. The van der Waals surface area contributed by atoms with E-state index in [0.717, 1.165) is 18.5 Å². The second-order valence-corrected chi connectivity index (χ2v) is 2.71. The Morgan fingerprint density at radius 1 is 1.31 bits per heavy atom. The number of benzene rings is 1. The summed E-state index contributed by atoms with van der Waals surface area (Å²) in [4.78, 5) is 20.3. The van der Waals surface area contributed by atoms with Crippen LogP contribution >= 0.6 is 0 Å². The zero-order chi connectivity index (χ0) is 10.9. The van der Waals surface area contributed by atoms with Crippen molar-refractivity contribution in [1.29, 1.82) is 0 Å². The van der Waals surface area contributed by atoms with E-state index in [1.54, 1.807) is 0 Å². The van der Waals surface area contributed by atoms with Crippen LogP contribution in [0.2, 0.25) is 0 Å². The molecule has 0 aliphatic heterocycles. The first kappa shape index (κ1) is 14.8. The van der Waals surface area contributed by atoms with Crippen molar-refractivity contribution in [2.24, 2.45) is 0 Å². The van der Waals surface area contributed by atoms with Gasteiger partial charge in [-0.2, -0.15) is 0 Å². The fourth-order valence-electron chi connectivity index (χ4n) is 0.961. The number of ether oxygens (including phenoxy) is 2. The summed E-state index contributed by atoms with van der Waals surface area (Å²) in [5.41, 5.74) is 1.02. The zero-order valence-corrected chi connectivity index (χ0v) is 11.7. The molecule has 0 spiro atoms. The molecule has 4 nitrogen and oxygen atoms in total. The van der Waals surface area contributed by atoms with Gasteiger partial charge >= 0.3 is 19.5 Å². The van der Waals surface area contributed by atoms with Gasteiger partial charge in [0.1, 0.15) is 0 Å². The van der Waals surface area contributed by atoms with Gasteiger partial charge in [-0.15, -0.1) is 0 Å². The van der Waals surface area contributed by atoms with Crippen molar-refractivity contribution in [2.45, 2.75) is 6.61 Å². The molecule has 80 valence electrons. The summed E-state index contributed by atoms with van der Waals surface area (Å²) in [6.07, 6.45) is 1.13. The van der Waals surface area contributed by atoms with Crippen LogP contribution in [0.15, 0.2) is 30.3 Å². The number of esters is 1. The van der Waals surface area contributed by atoms with Crippen molar-refractivity contribution < 1.29 is 38.5 Å². The van der Waals surface area contributed by atoms with Gasteiger partial charge in [0.15, 0.2) is 6.47 Å². The monoisotopic (exact) mass is 270 g/mol. The van der Waals surface area contributed by atoms with Crippen LogP contribution in [0.4, 0.5) is 0 Å². The van der Waals surface area contributed by atoms with Crippen LogP contribution in [0.1, 0.15) is 5.56 Å². The summed E-state index contributed by atoms with van der Waals surface area (Å²) >= 11 is 0. The molecule has 0 bridgehead atoms. The van der Waals surface area contributed by atoms with Crippen molar-refractivity contribution >= 4 is 12.4 Å². The van der Waals surface area contributed by atoms with Crippen molar-refractivity contribution in [3.05, 3.63) is 42.3 Å². The molecule has 0 N–H and O–H groups in total. The fraction of sp³-hybridized carbons (Fsp3) is 0.182. The molecular weight excluding hydrogens is 262 g/mol. The average molecular weight is 272 g/mol. The van der Waals surface area contributed by atoms with Gasteiger partial charge in [0, 0.05) is 5.97 Å². The van der Waals surface area contributed by atoms with E-state index < -0.39 is 5.97 Å². The molecule has 1 rings (SSSR count). The number of hydrogen-bond acceptors (Lipinski definition) is 4. The van der Waals surface area contributed by atoms with Crippen molar-refractivity contribution in [3.8, 4) is 0 Å². The third kappa shape index (κ3) is 6.33. The molecule has 0 heterocycles. The molecule has 5 heteroatoms. The number of carbonyl (C=O) groups excluding carboxylic acids is 2. The average Bonchev–Trinajstić information content (AvgIpc) is 2.26. The molecule has 0 saturated carbocycles. The fourth-order valence-corrected chi connectivity index (χ4v) is 0.961. The van der Waals surface area contributed by atoms with E-state index >= 15 is 0 Å². The van der Waals surface area contributed by atoms with E-state index in [-0.39, 0.29) is 26.1 Å². The van der Waals surface area contributed by atoms with Gasteiger partial charge < -0.3 is 25.5 Å². The maximum Gasteiger partial charge on any atom is 2.00 e. The molecule has 0 unspecified atom stereocenters. The van der Waals surface area contributed by atoms with Crippen molar-refractivity contribution in [3.63, 3.8) is 0 Å².